The van der Waals surface area contributed by atoms with Crippen LogP contribution in [0.1, 0.15) is 42.5 Å². The van der Waals surface area contributed by atoms with Crippen LogP contribution in [0.5, 0.6) is 0 Å². The number of hydrogen-bond acceptors (Lipinski definition) is 3. The number of para-hydroxylation sites is 1. The van der Waals surface area contributed by atoms with E-state index in [1.165, 1.54) is 6.26 Å². The predicted octanol–water partition coefficient (Wildman–Crippen LogP) is 3.14. The first kappa shape index (κ1) is 16.3. The molecule has 2 aromatic rings. The van der Waals surface area contributed by atoms with Gasteiger partial charge in [0.2, 0.25) is 5.91 Å². The second-order valence-electron chi connectivity index (χ2n) is 6.57. The highest BCUT2D eigenvalue weighted by Crippen LogP contribution is 2.30. The van der Waals surface area contributed by atoms with Gasteiger partial charge in [0, 0.05) is 17.3 Å². The molecule has 0 aliphatic carbocycles. The molecule has 1 atom stereocenters. The van der Waals surface area contributed by atoms with Crippen LogP contribution in [0.25, 0.3) is 0 Å². The topological polar surface area (TPSA) is 62.6 Å². The number of anilines is 1. The van der Waals surface area contributed by atoms with Crippen LogP contribution in [-0.4, -0.2) is 17.9 Å². The summed E-state index contributed by atoms with van der Waals surface area (Å²) in [6, 6.07) is 9.53. The molecular weight excluding hydrogens is 304 g/mol. The van der Waals surface area contributed by atoms with Crippen molar-refractivity contribution in [3.05, 3.63) is 53.5 Å². The summed E-state index contributed by atoms with van der Waals surface area (Å²) in [7, 11) is 0. The second kappa shape index (κ2) is 6.51. The van der Waals surface area contributed by atoms with Gasteiger partial charge in [0.15, 0.2) is 5.76 Å². The zero-order valence-electron chi connectivity index (χ0n) is 14.2. The Morgan fingerprint density at radius 2 is 2.00 bits per heavy atom. The lowest BCUT2D eigenvalue weighted by Gasteiger charge is -2.19. The Hall–Kier alpha value is -2.56. The number of furan rings is 1. The third-order valence-corrected chi connectivity index (χ3v) is 4.57. The first-order valence-electron chi connectivity index (χ1n) is 8.23. The number of fused-ring (bicyclic) bond motifs is 1. The van der Waals surface area contributed by atoms with Crippen LogP contribution in [0.15, 0.2) is 41.0 Å². The smallest absolute Gasteiger partial charge is 0.287 e. The summed E-state index contributed by atoms with van der Waals surface area (Å²) in [6.07, 6.45) is 1.90. The minimum Gasteiger partial charge on any atom is -0.459 e. The van der Waals surface area contributed by atoms with E-state index < -0.39 is 0 Å². The van der Waals surface area contributed by atoms with E-state index in [1.807, 2.05) is 45.0 Å². The lowest BCUT2D eigenvalue weighted by Crippen LogP contribution is -2.36. The molecule has 126 valence electrons. The average Bonchev–Trinajstić information content (AvgIpc) is 3.12. The molecule has 1 aromatic carbocycles. The number of nitrogens with zero attached hydrogens (tertiary/aromatic N) is 1. The summed E-state index contributed by atoms with van der Waals surface area (Å²) in [5.41, 5.74) is 2.64. The Bertz CT molecular complexity index is 763. The van der Waals surface area contributed by atoms with Gasteiger partial charge in [-0.2, -0.15) is 0 Å². The van der Waals surface area contributed by atoms with Gasteiger partial charge >= 0.3 is 0 Å². The van der Waals surface area contributed by atoms with E-state index in [0.717, 1.165) is 11.3 Å². The molecule has 2 heterocycles. The van der Waals surface area contributed by atoms with Crippen LogP contribution in [0.2, 0.25) is 0 Å². The lowest BCUT2D eigenvalue weighted by atomic mass is 10.1. The third-order valence-electron chi connectivity index (χ3n) is 4.57. The number of amides is 2. The summed E-state index contributed by atoms with van der Waals surface area (Å²) in [6.45, 7) is 6.40. The molecular formula is C19H22N2O3. The Morgan fingerprint density at radius 3 is 2.75 bits per heavy atom. The van der Waals surface area contributed by atoms with Crippen molar-refractivity contribution in [2.75, 3.05) is 4.90 Å². The lowest BCUT2D eigenvalue weighted by molar-refractivity contribution is -0.117. The maximum absolute atomic E-state index is 12.4. The highest BCUT2D eigenvalue weighted by molar-refractivity contribution is 6.01. The molecule has 3 rings (SSSR count). The quantitative estimate of drug-likeness (QED) is 0.918. The minimum absolute atomic E-state index is 0.0410. The fourth-order valence-electron chi connectivity index (χ4n) is 2.76. The highest BCUT2D eigenvalue weighted by Gasteiger charge is 2.29. The standard InChI is InChI=1S/C19H22N2O3/c1-12(2)13(3)20-19(23)18-15(8-9-24-18)11-21-16-7-5-4-6-14(16)10-17(21)22/h4-9,12-13H,10-11H2,1-3H3,(H,20,23)/t13-/m0/s1. The van der Waals surface area contributed by atoms with Gasteiger partial charge in [-0.3, -0.25) is 9.59 Å². The molecule has 0 bridgehead atoms. The SMILES string of the molecule is CC(C)[C@H](C)NC(=O)c1occc1CN1C(=O)Cc2ccccc21. The van der Waals surface area contributed by atoms with Crippen molar-refractivity contribution in [3.63, 3.8) is 0 Å². The highest BCUT2D eigenvalue weighted by atomic mass is 16.3. The largest absolute Gasteiger partial charge is 0.459 e. The summed E-state index contributed by atoms with van der Waals surface area (Å²) in [5, 5.41) is 2.94. The first-order chi connectivity index (χ1) is 11.5. The van der Waals surface area contributed by atoms with E-state index in [0.29, 0.717) is 24.4 Å². The zero-order valence-corrected chi connectivity index (χ0v) is 14.2. The molecule has 0 unspecified atom stereocenters. The Labute approximate surface area is 141 Å². The van der Waals surface area contributed by atoms with Crippen molar-refractivity contribution < 1.29 is 14.0 Å². The van der Waals surface area contributed by atoms with Gasteiger partial charge in [-0.15, -0.1) is 0 Å². The van der Waals surface area contributed by atoms with E-state index in [1.54, 1.807) is 11.0 Å². The molecule has 0 radical (unpaired) electrons. The summed E-state index contributed by atoms with van der Waals surface area (Å²) in [4.78, 5) is 26.4. The van der Waals surface area contributed by atoms with E-state index in [2.05, 4.69) is 5.32 Å². The molecule has 0 saturated carbocycles. The van der Waals surface area contributed by atoms with Gasteiger partial charge in [-0.1, -0.05) is 32.0 Å². The van der Waals surface area contributed by atoms with E-state index in [9.17, 15) is 9.59 Å². The minimum atomic E-state index is -0.240. The van der Waals surface area contributed by atoms with Crippen molar-refractivity contribution in [3.8, 4) is 0 Å². The number of rotatable bonds is 5. The van der Waals surface area contributed by atoms with Crippen LogP contribution in [-0.2, 0) is 17.8 Å². The fraction of sp³-hybridized carbons (Fsp3) is 0.368. The van der Waals surface area contributed by atoms with Crippen molar-refractivity contribution >= 4 is 17.5 Å². The average molecular weight is 326 g/mol. The van der Waals surface area contributed by atoms with Gasteiger partial charge in [0.1, 0.15) is 0 Å². The van der Waals surface area contributed by atoms with Crippen LogP contribution in [0, 0.1) is 5.92 Å². The maximum Gasteiger partial charge on any atom is 0.287 e. The third kappa shape index (κ3) is 3.07. The normalized spacial score (nSPS) is 14.8. The Balaban J connectivity index is 1.79. The second-order valence-corrected chi connectivity index (χ2v) is 6.57. The molecule has 1 aromatic heterocycles. The molecule has 1 N–H and O–H groups in total. The van der Waals surface area contributed by atoms with Crippen molar-refractivity contribution in [2.45, 2.75) is 39.8 Å². The molecule has 5 heteroatoms. The number of carbonyl (C=O) groups excluding carboxylic acids is 2. The molecule has 0 fully saturated rings. The van der Waals surface area contributed by atoms with Crippen LogP contribution in [0.4, 0.5) is 5.69 Å². The fourth-order valence-corrected chi connectivity index (χ4v) is 2.76. The van der Waals surface area contributed by atoms with Gasteiger partial charge in [-0.25, -0.2) is 0 Å². The molecule has 24 heavy (non-hydrogen) atoms. The van der Waals surface area contributed by atoms with Crippen molar-refractivity contribution in [1.82, 2.24) is 5.32 Å². The summed E-state index contributed by atoms with van der Waals surface area (Å²) >= 11 is 0. The van der Waals surface area contributed by atoms with Crippen LogP contribution < -0.4 is 10.2 Å². The van der Waals surface area contributed by atoms with Gasteiger partial charge in [0.05, 0.1) is 19.2 Å². The Kier molecular flexibility index (Phi) is 4.42. The van der Waals surface area contributed by atoms with Gasteiger partial charge in [0.25, 0.3) is 5.91 Å². The molecule has 1 aliphatic rings. The number of hydrogen-bond donors (Lipinski definition) is 1. The molecule has 1 aliphatic heterocycles. The van der Waals surface area contributed by atoms with Crippen LogP contribution in [0.3, 0.4) is 0 Å². The number of nitrogens with one attached hydrogen (secondary N) is 1. The summed E-state index contributed by atoms with van der Waals surface area (Å²) in [5.74, 6) is 0.412. The van der Waals surface area contributed by atoms with Gasteiger partial charge in [-0.05, 0) is 30.5 Å². The van der Waals surface area contributed by atoms with Crippen LogP contribution >= 0.6 is 0 Å². The summed E-state index contributed by atoms with van der Waals surface area (Å²) < 4.78 is 5.39. The van der Waals surface area contributed by atoms with E-state index in [4.69, 9.17) is 4.42 Å². The van der Waals surface area contributed by atoms with E-state index in [-0.39, 0.29) is 23.6 Å². The molecule has 5 nitrogen and oxygen atoms in total. The Morgan fingerprint density at radius 1 is 1.25 bits per heavy atom. The zero-order chi connectivity index (χ0) is 17.3. The van der Waals surface area contributed by atoms with E-state index >= 15 is 0 Å². The number of benzene rings is 1. The number of carbonyl (C=O) groups is 2. The monoisotopic (exact) mass is 326 g/mol. The molecule has 0 spiro atoms. The molecule has 2 amide bonds. The van der Waals surface area contributed by atoms with Gasteiger partial charge < -0.3 is 14.6 Å². The maximum atomic E-state index is 12.4. The van der Waals surface area contributed by atoms with Crippen molar-refractivity contribution in [1.29, 1.82) is 0 Å². The molecule has 0 saturated heterocycles. The first-order valence-corrected chi connectivity index (χ1v) is 8.23. The van der Waals surface area contributed by atoms with Crippen molar-refractivity contribution in [2.24, 2.45) is 5.92 Å². The predicted molar refractivity (Wildman–Crippen MR) is 91.8 cm³/mol.